The Balaban J connectivity index is 2.86. The van der Waals surface area contributed by atoms with Crippen molar-refractivity contribution in [3.8, 4) is 0 Å². The highest BCUT2D eigenvalue weighted by Crippen LogP contribution is 2.06. The van der Waals surface area contributed by atoms with Gasteiger partial charge in [0.25, 0.3) is 0 Å². The van der Waals surface area contributed by atoms with Gasteiger partial charge in [0, 0.05) is 18.3 Å². The lowest BCUT2D eigenvalue weighted by atomic mass is 10.1. The minimum Gasteiger partial charge on any atom is -0.261 e. The van der Waals surface area contributed by atoms with Gasteiger partial charge in [-0.15, -0.1) is 0 Å². The highest BCUT2D eigenvalue weighted by molar-refractivity contribution is 5.46. The molecule has 0 radical (unpaired) electrons. The van der Waals surface area contributed by atoms with Crippen LogP contribution in [0.15, 0.2) is 37.1 Å². The van der Waals surface area contributed by atoms with Gasteiger partial charge in [-0.1, -0.05) is 24.8 Å². The van der Waals surface area contributed by atoms with Crippen molar-refractivity contribution in [2.45, 2.75) is 13.3 Å². The largest absolute Gasteiger partial charge is 0.261 e. The highest BCUT2D eigenvalue weighted by Gasteiger charge is 1.94. The highest BCUT2D eigenvalue weighted by atomic mass is 14.7. The second-order valence-corrected chi connectivity index (χ2v) is 2.92. The van der Waals surface area contributed by atoms with E-state index in [1.54, 1.807) is 6.20 Å². The first-order valence-electron chi connectivity index (χ1n) is 3.94. The van der Waals surface area contributed by atoms with Gasteiger partial charge in [-0.2, -0.15) is 0 Å². The van der Waals surface area contributed by atoms with E-state index < -0.39 is 0 Å². The number of pyridine rings is 1. The van der Waals surface area contributed by atoms with Crippen molar-refractivity contribution in [1.29, 1.82) is 0 Å². The van der Waals surface area contributed by atoms with Crippen molar-refractivity contribution in [3.63, 3.8) is 0 Å². The Kier molecular flexibility index (Phi) is 2.81. The molecule has 0 aromatic carbocycles. The number of hydrogen-bond donors (Lipinski definition) is 0. The number of allylic oxidation sites excluding steroid dienone is 1. The summed E-state index contributed by atoms with van der Waals surface area (Å²) in [5, 5.41) is 0. The van der Waals surface area contributed by atoms with Crippen LogP contribution in [0.5, 0.6) is 0 Å². The van der Waals surface area contributed by atoms with Crippen LogP contribution in [0.25, 0.3) is 6.08 Å². The lowest BCUT2D eigenvalue weighted by Crippen LogP contribution is -1.90. The molecule has 0 spiro atoms. The average molecular weight is 159 g/mol. The summed E-state index contributed by atoms with van der Waals surface area (Å²) < 4.78 is 0. The molecular formula is C11H13N. The van der Waals surface area contributed by atoms with Crippen LogP contribution >= 0.6 is 0 Å². The molecular weight excluding hydrogens is 146 g/mol. The first-order chi connectivity index (χ1) is 5.72. The van der Waals surface area contributed by atoms with Crippen molar-refractivity contribution in [2.24, 2.45) is 0 Å². The van der Waals surface area contributed by atoms with Crippen LogP contribution in [0.3, 0.4) is 0 Å². The van der Waals surface area contributed by atoms with Gasteiger partial charge >= 0.3 is 0 Å². The zero-order chi connectivity index (χ0) is 8.97. The summed E-state index contributed by atoms with van der Waals surface area (Å²) in [5.74, 6) is 0. The van der Waals surface area contributed by atoms with E-state index in [1.807, 2.05) is 25.1 Å². The van der Waals surface area contributed by atoms with Gasteiger partial charge in [0.1, 0.15) is 0 Å². The van der Waals surface area contributed by atoms with Crippen molar-refractivity contribution in [2.75, 3.05) is 0 Å². The van der Waals surface area contributed by atoms with Crippen LogP contribution in [0.2, 0.25) is 0 Å². The van der Waals surface area contributed by atoms with E-state index in [1.165, 1.54) is 0 Å². The quantitative estimate of drug-likeness (QED) is 0.618. The van der Waals surface area contributed by atoms with Crippen molar-refractivity contribution >= 4 is 6.08 Å². The minimum atomic E-state index is 0.849. The van der Waals surface area contributed by atoms with Gasteiger partial charge in [-0.25, -0.2) is 0 Å². The summed E-state index contributed by atoms with van der Waals surface area (Å²) in [7, 11) is 0. The summed E-state index contributed by atoms with van der Waals surface area (Å²) in [6, 6.07) is 3.97. The fourth-order valence-corrected chi connectivity index (χ4v) is 1.03. The molecule has 1 aromatic rings. The first kappa shape index (κ1) is 8.72. The Bertz CT molecular complexity index is 300. The van der Waals surface area contributed by atoms with E-state index in [2.05, 4.69) is 18.1 Å². The van der Waals surface area contributed by atoms with Gasteiger partial charge in [-0.3, -0.25) is 4.98 Å². The molecule has 0 amide bonds. The summed E-state index contributed by atoms with van der Waals surface area (Å²) >= 11 is 0. The van der Waals surface area contributed by atoms with Crippen LogP contribution in [0.4, 0.5) is 0 Å². The van der Waals surface area contributed by atoms with Crippen molar-refractivity contribution < 1.29 is 0 Å². The molecule has 0 fully saturated rings. The summed E-state index contributed by atoms with van der Waals surface area (Å²) in [5.41, 5.74) is 3.30. The maximum absolute atomic E-state index is 4.22. The van der Waals surface area contributed by atoms with Gasteiger partial charge in [-0.05, 0) is 24.6 Å². The molecule has 0 saturated heterocycles. The SMILES string of the molecule is C=Cc1ccnc(CC(=C)C)c1. The number of hydrogen-bond acceptors (Lipinski definition) is 1. The Morgan fingerprint density at radius 2 is 2.42 bits per heavy atom. The van der Waals surface area contributed by atoms with E-state index in [-0.39, 0.29) is 0 Å². The average Bonchev–Trinajstić information content (AvgIpc) is 2.03. The summed E-state index contributed by atoms with van der Waals surface area (Å²) in [6.07, 6.45) is 4.47. The van der Waals surface area contributed by atoms with Gasteiger partial charge in [0.2, 0.25) is 0 Å². The molecule has 12 heavy (non-hydrogen) atoms. The van der Waals surface area contributed by atoms with Crippen LogP contribution in [0.1, 0.15) is 18.2 Å². The fraction of sp³-hybridized carbons (Fsp3) is 0.182. The third-order valence-corrected chi connectivity index (χ3v) is 1.56. The molecule has 62 valence electrons. The maximum Gasteiger partial charge on any atom is 0.0449 e. The second kappa shape index (κ2) is 3.86. The van der Waals surface area contributed by atoms with Crippen LogP contribution in [-0.4, -0.2) is 4.98 Å². The predicted molar refractivity (Wildman–Crippen MR) is 52.8 cm³/mol. The number of rotatable bonds is 3. The molecule has 0 saturated carbocycles. The molecule has 1 aromatic heterocycles. The summed E-state index contributed by atoms with van der Waals surface area (Å²) in [6.45, 7) is 9.54. The van der Waals surface area contributed by atoms with Crippen molar-refractivity contribution in [3.05, 3.63) is 48.3 Å². The Hall–Kier alpha value is -1.37. The standard InChI is InChI=1S/C11H13N/c1-4-10-5-6-12-11(8-10)7-9(2)3/h4-6,8H,1-2,7H2,3H3. The third-order valence-electron chi connectivity index (χ3n) is 1.56. The van der Waals surface area contributed by atoms with E-state index in [0.29, 0.717) is 0 Å². The molecule has 1 rings (SSSR count). The maximum atomic E-state index is 4.22. The molecule has 0 atom stereocenters. The molecule has 0 aliphatic rings. The normalized spacial score (nSPS) is 9.42. The monoisotopic (exact) mass is 159 g/mol. The molecule has 1 nitrogen and oxygen atoms in total. The Morgan fingerprint density at radius 3 is 3.00 bits per heavy atom. The Morgan fingerprint density at radius 1 is 1.67 bits per heavy atom. The molecule has 1 heterocycles. The molecule has 0 aliphatic carbocycles. The van der Waals surface area contributed by atoms with E-state index in [0.717, 1.165) is 23.3 Å². The Labute approximate surface area is 73.5 Å². The lowest BCUT2D eigenvalue weighted by molar-refractivity contribution is 1.05. The van der Waals surface area contributed by atoms with Gasteiger partial charge in [0.15, 0.2) is 0 Å². The minimum absolute atomic E-state index is 0.849. The third kappa shape index (κ3) is 2.35. The zero-order valence-corrected chi connectivity index (χ0v) is 7.38. The second-order valence-electron chi connectivity index (χ2n) is 2.92. The van der Waals surface area contributed by atoms with E-state index in [4.69, 9.17) is 0 Å². The smallest absolute Gasteiger partial charge is 0.0449 e. The zero-order valence-electron chi connectivity index (χ0n) is 7.38. The molecule has 0 unspecified atom stereocenters. The summed E-state index contributed by atoms with van der Waals surface area (Å²) in [4.78, 5) is 4.22. The van der Waals surface area contributed by atoms with Crippen LogP contribution in [0, 0.1) is 0 Å². The van der Waals surface area contributed by atoms with Gasteiger partial charge < -0.3 is 0 Å². The lowest BCUT2D eigenvalue weighted by Gasteiger charge is -1.99. The molecule has 0 N–H and O–H groups in total. The number of aromatic nitrogens is 1. The number of nitrogens with zero attached hydrogens (tertiary/aromatic N) is 1. The molecule has 1 heteroatoms. The van der Waals surface area contributed by atoms with Crippen LogP contribution in [-0.2, 0) is 6.42 Å². The first-order valence-corrected chi connectivity index (χ1v) is 3.94. The van der Waals surface area contributed by atoms with Gasteiger partial charge in [0.05, 0.1) is 0 Å². The molecule has 0 bridgehead atoms. The topological polar surface area (TPSA) is 12.9 Å². The molecule has 0 aliphatic heterocycles. The van der Waals surface area contributed by atoms with E-state index in [9.17, 15) is 0 Å². The van der Waals surface area contributed by atoms with E-state index >= 15 is 0 Å². The van der Waals surface area contributed by atoms with Crippen LogP contribution < -0.4 is 0 Å². The van der Waals surface area contributed by atoms with Crippen molar-refractivity contribution in [1.82, 2.24) is 4.98 Å². The fourth-order valence-electron chi connectivity index (χ4n) is 1.03. The predicted octanol–water partition coefficient (Wildman–Crippen LogP) is 2.84.